The van der Waals surface area contributed by atoms with Crippen molar-refractivity contribution in [3.05, 3.63) is 40.3 Å². The summed E-state index contributed by atoms with van der Waals surface area (Å²) in [6.45, 7) is 0. The predicted octanol–water partition coefficient (Wildman–Crippen LogP) is 3.22. The molecule has 0 amide bonds. The molecule has 0 radical (unpaired) electrons. The molecule has 3 nitrogen and oxygen atoms in total. The topological polar surface area (TPSA) is 30.2 Å². The van der Waals surface area contributed by atoms with Crippen LogP contribution < -0.4 is 0 Å². The van der Waals surface area contributed by atoms with Crippen molar-refractivity contribution in [2.75, 3.05) is 0 Å². The summed E-state index contributed by atoms with van der Waals surface area (Å²) < 4.78 is 2.96. The molecule has 0 aliphatic carbocycles. The lowest BCUT2D eigenvalue weighted by molar-refractivity contribution is 1.11. The standard InChI is InChI=1S/C10H6BrN3S/c11-8-4-1-5-9-12-13-10(14(8)9)7-3-2-6-15-7/h1-6H. The quantitative estimate of drug-likeness (QED) is 0.641. The fourth-order valence-electron chi connectivity index (χ4n) is 1.47. The first kappa shape index (κ1) is 9.06. The van der Waals surface area contributed by atoms with Crippen LogP contribution in [0, 0.1) is 0 Å². The highest BCUT2D eigenvalue weighted by Gasteiger charge is 2.10. The van der Waals surface area contributed by atoms with E-state index in [1.807, 2.05) is 40.1 Å². The average Bonchev–Trinajstić information content (AvgIpc) is 2.85. The minimum Gasteiger partial charge on any atom is -0.268 e. The Morgan fingerprint density at radius 2 is 2.07 bits per heavy atom. The molecule has 0 fully saturated rings. The van der Waals surface area contributed by atoms with E-state index in [4.69, 9.17) is 0 Å². The van der Waals surface area contributed by atoms with Gasteiger partial charge in [0.2, 0.25) is 0 Å². The van der Waals surface area contributed by atoms with Gasteiger partial charge in [0.05, 0.1) is 9.48 Å². The molecule has 0 N–H and O–H groups in total. The Balaban J connectivity index is 2.37. The molecule has 3 heterocycles. The highest BCUT2D eigenvalue weighted by Crippen LogP contribution is 2.25. The molecule has 0 aliphatic heterocycles. The van der Waals surface area contributed by atoms with E-state index in [0.29, 0.717) is 0 Å². The summed E-state index contributed by atoms with van der Waals surface area (Å²) in [5.74, 6) is 0.882. The van der Waals surface area contributed by atoms with Crippen LogP contribution in [0.4, 0.5) is 0 Å². The lowest BCUT2D eigenvalue weighted by Crippen LogP contribution is -1.89. The van der Waals surface area contributed by atoms with Gasteiger partial charge in [-0.05, 0) is 39.5 Å². The van der Waals surface area contributed by atoms with E-state index in [1.54, 1.807) is 11.3 Å². The van der Waals surface area contributed by atoms with Crippen molar-refractivity contribution in [3.63, 3.8) is 0 Å². The summed E-state index contributed by atoms with van der Waals surface area (Å²) in [5.41, 5.74) is 0.854. The van der Waals surface area contributed by atoms with E-state index < -0.39 is 0 Å². The van der Waals surface area contributed by atoms with Crippen molar-refractivity contribution in [1.82, 2.24) is 14.6 Å². The minimum atomic E-state index is 0.854. The van der Waals surface area contributed by atoms with Crippen LogP contribution in [0.1, 0.15) is 0 Å². The lowest BCUT2D eigenvalue weighted by atomic mass is 10.4. The van der Waals surface area contributed by atoms with Gasteiger partial charge in [0.1, 0.15) is 0 Å². The largest absolute Gasteiger partial charge is 0.268 e. The first-order valence-corrected chi connectivity index (χ1v) is 6.07. The van der Waals surface area contributed by atoms with Crippen LogP contribution in [0.5, 0.6) is 0 Å². The maximum Gasteiger partial charge on any atom is 0.179 e. The van der Waals surface area contributed by atoms with Gasteiger partial charge in [0.25, 0.3) is 0 Å². The highest BCUT2D eigenvalue weighted by molar-refractivity contribution is 9.10. The molecule has 0 saturated carbocycles. The SMILES string of the molecule is Brc1cccc2nnc(-c3cccs3)n12. The number of thiophene rings is 1. The number of rotatable bonds is 1. The number of hydrogen-bond acceptors (Lipinski definition) is 3. The van der Waals surface area contributed by atoms with Crippen molar-refractivity contribution in [2.45, 2.75) is 0 Å². The van der Waals surface area contributed by atoms with Crippen molar-refractivity contribution in [3.8, 4) is 10.7 Å². The molecule has 0 atom stereocenters. The molecule has 0 unspecified atom stereocenters. The number of nitrogens with zero attached hydrogens (tertiary/aromatic N) is 3. The minimum absolute atomic E-state index is 0.854. The van der Waals surface area contributed by atoms with E-state index >= 15 is 0 Å². The third-order valence-electron chi connectivity index (χ3n) is 2.12. The summed E-state index contributed by atoms with van der Waals surface area (Å²) in [6, 6.07) is 9.92. The number of aromatic nitrogens is 3. The Morgan fingerprint density at radius 3 is 2.87 bits per heavy atom. The fourth-order valence-corrected chi connectivity index (χ4v) is 2.67. The summed E-state index contributed by atoms with van der Waals surface area (Å²) in [4.78, 5) is 1.12. The molecular formula is C10H6BrN3S. The molecule has 5 heteroatoms. The van der Waals surface area contributed by atoms with Crippen molar-refractivity contribution in [2.24, 2.45) is 0 Å². The average molecular weight is 280 g/mol. The van der Waals surface area contributed by atoms with Gasteiger partial charge in [0, 0.05) is 0 Å². The Hall–Kier alpha value is -1.20. The molecule has 0 aliphatic rings. The highest BCUT2D eigenvalue weighted by atomic mass is 79.9. The third-order valence-corrected chi connectivity index (χ3v) is 3.61. The number of pyridine rings is 1. The Morgan fingerprint density at radius 1 is 1.13 bits per heavy atom. The van der Waals surface area contributed by atoms with Crippen LogP contribution in [0.3, 0.4) is 0 Å². The maximum atomic E-state index is 4.19. The second-order valence-electron chi connectivity index (χ2n) is 3.04. The number of halogens is 1. The predicted molar refractivity (Wildman–Crippen MR) is 64.0 cm³/mol. The first-order chi connectivity index (χ1) is 7.36. The normalized spacial score (nSPS) is 11.0. The summed E-state index contributed by atoms with van der Waals surface area (Å²) in [7, 11) is 0. The van der Waals surface area contributed by atoms with Gasteiger partial charge in [-0.3, -0.25) is 4.40 Å². The Kier molecular flexibility index (Phi) is 2.07. The van der Waals surface area contributed by atoms with Gasteiger partial charge < -0.3 is 0 Å². The van der Waals surface area contributed by atoms with Gasteiger partial charge in [0.15, 0.2) is 11.5 Å². The maximum absolute atomic E-state index is 4.19. The molecular weight excluding hydrogens is 274 g/mol. The lowest BCUT2D eigenvalue weighted by Gasteiger charge is -1.99. The summed E-state index contributed by atoms with van der Waals surface area (Å²) in [6.07, 6.45) is 0. The summed E-state index contributed by atoms with van der Waals surface area (Å²) in [5, 5.41) is 10.4. The molecule has 0 bridgehead atoms. The van der Waals surface area contributed by atoms with Crippen LogP contribution in [0.25, 0.3) is 16.3 Å². The van der Waals surface area contributed by atoms with Crippen LogP contribution in [0.2, 0.25) is 0 Å². The zero-order valence-corrected chi connectivity index (χ0v) is 9.99. The zero-order chi connectivity index (χ0) is 10.3. The number of hydrogen-bond donors (Lipinski definition) is 0. The van der Waals surface area contributed by atoms with Crippen molar-refractivity contribution >= 4 is 32.9 Å². The Labute approximate surface area is 98.5 Å². The molecule has 74 valence electrons. The van der Waals surface area contributed by atoms with Crippen molar-refractivity contribution in [1.29, 1.82) is 0 Å². The molecule has 0 spiro atoms. The zero-order valence-electron chi connectivity index (χ0n) is 7.59. The second-order valence-corrected chi connectivity index (χ2v) is 4.80. The monoisotopic (exact) mass is 279 g/mol. The van der Waals surface area contributed by atoms with E-state index in [-0.39, 0.29) is 0 Å². The van der Waals surface area contributed by atoms with Gasteiger partial charge in [-0.15, -0.1) is 21.5 Å². The van der Waals surface area contributed by atoms with E-state index in [2.05, 4.69) is 26.1 Å². The molecule has 3 rings (SSSR count). The van der Waals surface area contributed by atoms with E-state index in [1.165, 1.54) is 0 Å². The number of fused-ring (bicyclic) bond motifs is 1. The molecule has 3 aromatic rings. The van der Waals surface area contributed by atoms with Gasteiger partial charge in [-0.2, -0.15) is 0 Å². The molecule has 3 aromatic heterocycles. The fraction of sp³-hybridized carbons (Fsp3) is 0. The van der Waals surface area contributed by atoms with E-state index in [0.717, 1.165) is 21.0 Å². The van der Waals surface area contributed by atoms with Crippen LogP contribution in [0.15, 0.2) is 40.3 Å². The molecule has 0 aromatic carbocycles. The smallest absolute Gasteiger partial charge is 0.179 e. The van der Waals surface area contributed by atoms with Gasteiger partial charge >= 0.3 is 0 Å². The second kappa shape index (κ2) is 3.43. The van der Waals surface area contributed by atoms with Gasteiger partial charge in [-0.25, -0.2) is 0 Å². The first-order valence-electron chi connectivity index (χ1n) is 4.40. The van der Waals surface area contributed by atoms with Crippen LogP contribution in [-0.4, -0.2) is 14.6 Å². The molecule has 0 saturated heterocycles. The Bertz CT molecular complexity index is 600. The van der Waals surface area contributed by atoms with Crippen LogP contribution in [-0.2, 0) is 0 Å². The van der Waals surface area contributed by atoms with Crippen LogP contribution >= 0.6 is 27.3 Å². The third kappa shape index (κ3) is 1.39. The summed E-state index contributed by atoms with van der Waals surface area (Å²) >= 11 is 5.16. The van der Waals surface area contributed by atoms with Gasteiger partial charge in [-0.1, -0.05) is 12.1 Å². The molecule has 15 heavy (non-hydrogen) atoms. The van der Waals surface area contributed by atoms with Crippen molar-refractivity contribution < 1.29 is 0 Å². The van der Waals surface area contributed by atoms with E-state index in [9.17, 15) is 0 Å².